The molecule has 0 bridgehead atoms. The zero-order valence-electron chi connectivity index (χ0n) is 7.46. The van der Waals surface area contributed by atoms with E-state index >= 15 is 0 Å². The van der Waals surface area contributed by atoms with Crippen molar-refractivity contribution in [3.05, 3.63) is 33.8 Å². The normalized spacial score (nSPS) is 22.2. The SMILES string of the molecule is OC1CCCCc2ccc(Br)cc21. The van der Waals surface area contributed by atoms with Gasteiger partial charge in [0.05, 0.1) is 6.10 Å². The van der Waals surface area contributed by atoms with Crippen molar-refractivity contribution in [1.29, 1.82) is 0 Å². The molecular formula is C11H13BrO. The quantitative estimate of drug-likeness (QED) is 0.691. The maximum absolute atomic E-state index is 9.84. The Morgan fingerprint density at radius 1 is 1.31 bits per heavy atom. The van der Waals surface area contributed by atoms with Crippen LogP contribution in [0.5, 0.6) is 0 Å². The molecule has 0 saturated carbocycles. The van der Waals surface area contributed by atoms with E-state index in [0.29, 0.717) is 0 Å². The molecule has 0 spiro atoms. The van der Waals surface area contributed by atoms with Crippen molar-refractivity contribution in [2.75, 3.05) is 0 Å². The molecule has 0 saturated heterocycles. The second-order valence-electron chi connectivity index (χ2n) is 3.60. The van der Waals surface area contributed by atoms with Gasteiger partial charge in [0.25, 0.3) is 0 Å². The van der Waals surface area contributed by atoms with Crippen LogP contribution >= 0.6 is 15.9 Å². The maximum atomic E-state index is 9.84. The van der Waals surface area contributed by atoms with Crippen LogP contribution in [-0.2, 0) is 6.42 Å². The van der Waals surface area contributed by atoms with Crippen LogP contribution in [0.1, 0.15) is 36.5 Å². The molecule has 1 nitrogen and oxygen atoms in total. The van der Waals surface area contributed by atoms with Gasteiger partial charge in [0.2, 0.25) is 0 Å². The Morgan fingerprint density at radius 2 is 2.15 bits per heavy atom. The predicted octanol–water partition coefficient (Wildman–Crippen LogP) is 3.21. The van der Waals surface area contributed by atoms with E-state index in [0.717, 1.165) is 29.3 Å². The van der Waals surface area contributed by atoms with Crippen molar-refractivity contribution in [2.24, 2.45) is 0 Å². The summed E-state index contributed by atoms with van der Waals surface area (Å²) >= 11 is 3.43. The van der Waals surface area contributed by atoms with Gasteiger partial charge >= 0.3 is 0 Å². The monoisotopic (exact) mass is 240 g/mol. The highest BCUT2D eigenvalue weighted by atomic mass is 79.9. The molecule has 2 rings (SSSR count). The molecule has 0 amide bonds. The van der Waals surface area contributed by atoms with Gasteiger partial charge in [-0.25, -0.2) is 0 Å². The molecule has 0 radical (unpaired) electrons. The summed E-state index contributed by atoms with van der Waals surface area (Å²) in [6.07, 6.45) is 4.09. The molecular weight excluding hydrogens is 228 g/mol. The summed E-state index contributed by atoms with van der Waals surface area (Å²) in [5.41, 5.74) is 2.43. The zero-order valence-corrected chi connectivity index (χ0v) is 9.05. The lowest BCUT2D eigenvalue weighted by Crippen LogP contribution is -1.98. The first-order valence-corrected chi connectivity index (χ1v) is 5.53. The van der Waals surface area contributed by atoms with Gasteiger partial charge in [0, 0.05) is 4.47 Å². The van der Waals surface area contributed by atoms with Gasteiger partial charge in [-0.1, -0.05) is 28.4 Å². The predicted molar refractivity (Wildman–Crippen MR) is 56.7 cm³/mol. The van der Waals surface area contributed by atoms with Crippen LogP contribution in [0.4, 0.5) is 0 Å². The maximum Gasteiger partial charge on any atom is 0.0793 e. The number of aryl methyl sites for hydroxylation is 1. The summed E-state index contributed by atoms with van der Waals surface area (Å²) in [5.74, 6) is 0. The largest absolute Gasteiger partial charge is 0.388 e. The van der Waals surface area contributed by atoms with E-state index < -0.39 is 0 Å². The first-order chi connectivity index (χ1) is 6.27. The second-order valence-corrected chi connectivity index (χ2v) is 4.52. The van der Waals surface area contributed by atoms with Crippen LogP contribution in [0.3, 0.4) is 0 Å². The Morgan fingerprint density at radius 3 is 3.00 bits per heavy atom. The highest BCUT2D eigenvalue weighted by Crippen LogP contribution is 2.30. The molecule has 1 aliphatic carbocycles. The summed E-state index contributed by atoms with van der Waals surface area (Å²) < 4.78 is 1.06. The third-order valence-corrected chi connectivity index (χ3v) is 3.13. The molecule has 1 unspecified atom stereocenters. The molecule has 0 heterocycles. The number of benzene rings is 1. The third kappa shape index (κ3) is 1.94. The lowest BCUT2D eigenvalue weighted by molar-refractivity contribution is 0.166. The van der Waals surface area contributed by atoms with Gasteiger partial charge in [-0.15, -0.1) is 0 Å². The zero-order chi connectivity index (χ0) is 9.26. The van der Waals surface area contributed by atoms with E-state index in [1.165, 1.54) is 12.0 Å². The topological polar surface area (TPSA) is 20.2 Å². The van der Waals surface area contributed by atoms with Gasteiger partial charge in [0.1, 0.15) is 0 Å². The lowest BCUT2D eigenvalue weighted by Gasteiger charge is -2.11. The minimum absolute atomic E-state index is 0.255. The minimum atomic E-state index is -0.255. The van der Waals surface area contributed by atoms with Crippen molar-refractivity contribution in [3.8, 4) is 0 Å². The van der Waals surface area contributed by atoms with Crippen molar-refractivity contribution in [1.82, 2.24) is 0 Å². The highest BCUT2D eigenvalue weighted by Gasteiger charge is 2.15. The average molecular weight is 241 g/mol. The number of halogens is 1. The smallest absolute Gasteiger partial charge is 0.0793 e. The average Bonchev–Trinajstić information content (AvgIpc) is 2.29. The standard InChI is InChI=1S/C11H13BrO/c12-9-6-5-8-3-1-2-4-11(13)10(8)7-9/h5-7,11,13H,1-4H2. The van der Waals surface area contributed by atoms with E-state index in [4.69, 9.17) is 0 Å². The molecule has 1 aromatic rings. The van der Waals surface area contributed by atoms with Gasteiger partial charge in [-0.2, -0.15) is 0 Å². The molecule has 70 valence electrons. The first kappa shape index (κ1) is 9.22. The minimum Gasteiger partial charge on any atom is -0.388 e. The highest BCUT2D eigenvalue weighted by molar-refractivity contribution is 9.10. The summed E-state index contributed by atoms with van der Waals surface area (Å²) in [7, 11) is 0. The van der Waals surface area contributed by atoms with E-state index in [1.807, 2.05) is 6.07 Å². The fourth-order valence-corrected chi connectivity index (χ4v) is 2.29. The van der Waals surface area contributed by atoms with Gasteiger partial charge in [0.15, 0.2) is 0 Å². The fraction of sp³-hybridized carbons (Fsp3) is 0.455. The van der Waals surface area contributed by atoms with Crippen molar-refractivity contribution >= 4 is 15.9 Å². The summed E-state index contributed by atoms with van der Waals surface area (Å²) in [6, 6.07) is 6.22. The van der Waals surface area contributed by atoms with Crippen LogP contribution in [0.25, 0.3) is 0 Å². The number of aliphatic hydroxyl groups is 1. The van der Waals surface area contributed by atoms with Crippen molar-refractivity contribution in [2.45, 2.75) is 31.8 Å². The van der Waals surface area contributed by atoms with Gasteiger partial charge in [-0.05, 0) is 42.5 Å². The summed E-state index contributed by atoms with van der Waals surface area (Å²) in [5, 5.41) is 9.84. The lowest BCUT2D eigenvalue weighted by atomic mass is 10.0. The van der Waals surface area contributed by atoms with E-state index in [1.54, 1.807) is 0 Å². The Kier molecular flexibility index (Phi) is 2.70. The Bertz CT molecular complexity index is 309. The molecule has 1 N–H and O–H groups in total. The van der Waals surface area contributed by atoms with Crippen LogP contribution in [0, 0.1) is 0 Å². The molecule has 0 aromatic heterocycles. The molecule has 13 heavy (non-hydrogen) atoms. The van der Waals surface area contributed by atoms with Crippen molar-refractivity contribution in [3.63, 3.8) is 0 Å². The second kappa shape index (κ2) is 3.81. The van der Waals surface area contributed by atoms with E-state index in [2.05, 4.69) is 28.1 Å². The molecule has 2 heteroatoms. The van der Waals surface area contributed by atoms with Crippen LogP contribution in [0.2, 0.25) is 0 Å². The number of fused-ring (bicyclic) bond motifs is 1. The number of aliphatic hydroxyl groups excluding tert-OH is 1. The van der Waals surface area contributed by atoms with Gasteiger partial charge in [-0.3, -0.25) is 0 Å². The Balaban J connectivity index is 2.43. The number of hydrogen-bond donors (Lipinski definition) is 1. The Labute approximate surface area is 86.9 Å². The molecule has 1 atom stereocenters. The Hall–Kier alpha value is -0.340. The molecule has 1 aromatic carbocycles. The van der Waals surface area contributed by atoms with Crippen molar-refractivity contribution < 1.29 is 5.11 Å². The van der Waals surface area contributed by atoms with Gasteiger partial charge < -0.3 is 5.11 Å². The fourth-order valence-electron chi connectivity index (χ4n) is 1.91. The van der Waals surface area contributed by atoms with Crippen LogP contribution in [-0.4, -0.2) is 5.11 Å². The molecule has 0 aliphatic heterocycles. The molecule has 1 aliphatic rings. The molecule has 0 fully saturated rings. The summed E-state index contributed by atoms with van der Waals surface area (Å²) in [6.45, 7) is 0. The van der Waals surface area contributed by atoms with E-state index in [9.17, 15) is 5.11 Å². The van der Waals surface area contributed by atoms with Crippen LogP contribution < -0.4 is 0 Å². The van der Waals surface area contributed by atoms with Crippen LogP contribution in [0.15, 0.2) is 22.7 Å². The number of rotatable bonds is 0. The third-order valence-electron chi connectivity index (χ3n) is 2.64. The number of hydrogen-bond acceptors (Lipinski definition) is 1. The first-order valence-electron chi connectivity index (χ1n) is 4.74. The summed E-state index contributed by atoms with van der Waals surface area (Å²) in [4.78, 5) is 0. The van der Waals surface area contributed by atoms with E-state index in [-0.39, 0.29) is 6.10 Å².